The van der Waals surface area contributed by atoms with Gasteiger partial charge in [0.1, 0.15) is 5.39 Å². The molecule has 0 amide bonds. The van der Waals surface area contributed by atoms with Gasteiger partial charge in [0.25, 0.3) is 5.56 Å². The lowest BCUT2D eigenvalue weighted by atomic mass is 10.2. The predicted molar refractivity (Wildman–Crippen MR) is 87.7 cm³/mol. The smallest absolute Gasteiger partial charge is 0.389 e. The third kappa shape index (κ3) is 2.80. The Balaban J connectivity index is 1.76. The number of nitrogens with zero attached hydrogens (tertiary/aromatic N) is 4. The van der Waals surface area contributed by atoms with E-state index >= 15 is 0 Å². The molecule has 1 fully saturated rings. The standard InChI is InChI=1S/C15H11ClF3N5O2/c16-10-3-7(15(17,18)19)1-2-11(10)24-6-9-12(22-24)20-14(21-13(9)26)23-4-8(25)5-23/h1-3,6,8,25H,4-5H2,(H,20,21,22,26). The van der Waals surface area contributed by atoms with Gasteiger partial charge in [-0.05, 0) is 18.2 Å². The molecule has 0 unspecified atom stereocenters. The average Bonchev–Trinajstić information content (AvgIpc) is 2.95. The van der Waals surface area contributed by atoms with E-state index in [1.165, 1.54) is 16.9 Å². The monoisotopic (exact) mass is 385 g/mol. The third-order valence-corrected chi connectivity index (χ3v) is 4.36. The summed E-state index contributed by atoms with van der Waals surface area (Å²) in [7, 11) is 0. The Bertz CT molecular complexity index is 1060. The molecular formula is C15H11ClF3N5O2. The number of hydrogen-bond acceptors (Lipinski definition) is 5. The number of hydrogen-bond donors (Lipinski definition) is 2. The van der Waals surface area contributed by atoms with E-state index in [1.54, 1.807) is 4.90 Å². The summed E-state index contributed by atoms with van der Waals surface area (Å²) in [6.07, 6.45) is -3.63. The lowest BCUT2D eigenvalue weighted by molar-refractivity contribution is -0.137. The quantitative estimate of drug-likeness (QED) is 0.704. The summed E-state index contributed by atoms with van der Waals surface area (Å²) >= 11 is 5.96. The van der Waals surface area contributed by atoms with E-state index in [9.17, 15) is 23.1 Å². The van der Waals surface area contributed by atoms with Crippen LogP contribution in [0.4, 0.5) is 19.1 Å². The Kier molecular flexibility index (Phi) is 3.70. The van der Waals surface area contributed by atoms with Crippen molar-refractivity contribution in [2.75, 3.05) is 18.0 Å². The van der Waals surface area contributed by atoms with Gasteiger partial charge in [-0.15, -0.1) is 5.10 Å². The van der Waals surface area contributed by atoms with Crippen LogP contribution in [0.15, 0.2) is 29.2 Å². The summed E-state index contributed by atoms with van der Waals surface area (Å²) in [5.41, 5.74) is -1.00. The van der Waals surface area contributed by atoms with E-state index in [4.69, 9.17) is 11.6 Å². The molecule has 0 radical (unpaired) electrons. The van der Waals surface area contributed by atoms with Crippen molar-refractivity contribution in [1.82, 2.24) is 19.7 Å². The van der Waals surface area contributed by atoms with Gasteiger partial charge in [-0.2, -0.15) is 18.2 Å². The van der Waals surface area contributed by atoms with Crippen molar-refractivity contribution in [2.45, 2.75) is 12.3 Å². The first-order chi connectivity index (χ1) is 12.2. The molecule has 26 heavy (non-hydrogen) atoms. The Hall–Kier alpha value is -2.59. The van der Waals surface area contributed by atoms with Gasteiger partial charge in [0.15, 0.2) is 5.65 Å². The van der Waals surface area contributed by atoms with Crippen LogP contribution < -0.4 is 10.5 Å². The van der Waals surface area contributed by atoms with Crippen molar-refractivity contribution in [3.63, 3.8) is 0 Å². The van der Waals surface area contributed by atoms with Crippen LogP contribution in [0.1, 0.15) is 5.56 Å². The van der Waals surface area contributed by atoms with Gasteiger partial charge in [-0.3, -0.25) is 9.78 Å². The summed E-state index contributed by atoms with van der Waals surface area (Å²) < 4.78 is 39.5. The normalized spacial score (nSPS) is 15.5. The zero-order valence-corrected chi connectivity index (χ0v) is 13.7. The lowest BCUT2D eigenvalue weighted by Crippen LogP contribution is -2.52. The number of benzene rings is 1. The van der Waals surface area contributed by atoms with Crippen LogP contribution in [-0.2, 0) is 6.18 Å². The number of fused-ring (bicyclic) bond motifs is 1. The fourth-order valence-electron chi connectivity index (χ4n) is 2.68. The van der Waals surface area contributed by atoms with Crippen LogP contribution in [0.25, 0.3) is 16.7 Å². The van der Waals surface area contributed by atoms with E-state index in [0.29, 0.717) is 13.1 Å². The van der Waals surface area contributed by atoms with Crippen molar-refractivity contribution in [3.05, 3.63) is 45.3 Å². The summed E-state index contributed by atoms with van der Waals surface area (Å²) in [5, 5.41) is 13.5. The second-order valence-corrected chi connectivity index (χ2v) is 6.33. The molecule has 0 atom stereocenters. The number of aromatic nitrogens is 4. The first-order valence-electron chi connectivity index (χ1n) is 7.52. The van der Waals surface area contributed by atoms with Gasteiger partial charge in [0.05, 0.1) is 22.4 Å². The first kappa shape index (κ1) is 16.9. The van der Waals surface area contributed by atoms with Gasteiger partial charge in [0.2, 0.25) is 5.95 Å². The number of aromatic amines is 1. The van der Waals surface area contributed by atoms with Crippen LogP contribution in [-0.4, -0.2) is 44.0 Å². The van der Waals surface area contributed by atoms with E-state index in [0.717, 1.165) is 12.1 Å². The molecule has 1 aromatic carbocycles. The fraction of sp³-hybridized carbons (Fsp3) is 0.267. The molecular weight excluding hydrogens is 375 g/mol. The highest BCUT2D eigenvalue weighted by Gasteiger charge is 2.31. The molecule has 1 saturated heterocycles. The number of anilines is 1. The molecule has 3 aromatic rings. The molecule has 7 nitrogen and oxygen atoms in total. The maximum atomic E-state index is 12.8. The van der Waals surface area contributed by atoms with Crippen LogP contribution >= 0.6 is 11.6 Å². The summed E-state index contributed by atoms with van der Waals surface area (Å²) in [4.78, 5) is 20.7. The number of H-pyrrole nitrogens is 1. The number of aliphatic hydroxyl groups excluding tert-OH is 1. The van der Waals surface area contributed by atoms with Crippen molar-refractivity contribution in [1.29, 1.82) is 0 Å². The number of alkyl halides is 3. The fourth-order valence-corrected chi connectivity index (χ4v) is 2.94. The number of halogens is 4. The lowest BCUT2D eigenvalue weighted by Gasteiger charge is -2.35. The molecule has 0 bridgehead atoms. The van der Waals surface area contributed by atoms with Crippen molar-refractivity contribution < 1.29 is 18.3 Å². The maximum absolute atomic E-state index is 12.8. The maximum Gasteiger partial charge on any atom is 0.416 e. The molecule has 2 N–H and O–H groups in total. The number of nitrogens with one attached hydrogen (secondary N) is 1. The van der Waals surface area contributed by atoms with Gasteiger partial charge in [0, 0.05) is 19.3 Å². The summed E-state index contributed by atoms with van der Waals surface area (Å²) in [5.74, 6) is 0.275. The van der Waals surface area contributed by atoms with E-state index in [2.05, 4.69) is 15.1 Å². The molecule has 0 saturated carbocycles. The number of rotatable bonds is 2. The van der Waals surface area contributed by atoms with Crippen LogP contribution in [0.3, 0.4) is 0 Å². The topological polar surface area (TPSA) is 87.0 Å². The average molecular weight is 386 g/mol. The molecule has 1 aliphatic heterocycles. The second kappa shape index (κ2) is 5.71. The molecule has 0 spiro atoms. The summed E-state index contributed by atoms with van der Waals surface area (Å²) in [6.45, 7) is 0.694. The molecule has 2 aromatic heterocycles. The van der Waals surface area contributed by atoms with Gasteiger partial charge in [-0.1, -0.05) is 11.6 Å². The zero-order valence-electron chi connectivity index (χ0n) is 13.0. The Morgan fingerprint density at radius 3 is 2.65 bits per heavy atom. The minimum atomic E-state index is -4.51. The van der Waals surface area contributed by atoms with Gasteiger partial charge in [-0.25, -0.2) is 4.68 Å². The first-order valence-corrected chi connectivity index (χ1v) is 7.90. The summed E-state index contributed by atoms with van der Waals surface area (Å²) in [6, 6.07) is 2.86. The highest BCUT2D eigenvalue weighted by molar-refractivity contribution is 6.32. The van der Waals surface area contributed by atoms with E-state index in [1.807, 2.05) is 0 Å². The van der Waals surface area contributed by atoms with E-state index < -0.39 is 23.4 Å². The second-order valence-electron chi connectivity index (χ2n) is 5.92. The Morgan fingerprint density at radius 2 is 2.04 bits per heavy atom. The largest absolute Gasteiger partial charge is 0.416 e. The third-order valence-electron chi connectivity index (χ3n) is 4.06. The van der Waals surface area contributed by atoms with Crippen molar-refractivity contribution >= 4 is 28.6 Å². The molecule has 1 aliphatic rings. The van der Waals surface area contributed by atoms with Gasteiger partial charge >= 0.3 is 6.18 Å². The predicted octanol–water partition coefficient (Wildman–Crippen LogP) is 1.96. The van der Waals surface area contributed by atoms with Crippen molar-refractivity contribution in [2.24, 2.45) is 0 Å². The Morgan fingerprint density at radius 1 is 1.31 bits per heavy atom. The molecule has 0 aliphatic carbocycles. The number of aliphatic hydroxyl groups is 1. The van der Waals surface area contributed by atoms with Crippen LogP contribution in [0.2, 0.25) is 5.02 Å². The highest BCUT2D eigenvalue weighted by Crippen LogP contribution is 2.33. The molecule has 11 heteroatoms. The number of β-amino-alcohol motifs (C(OH)–C–C–N with tert-alkyl or cyclic N) is 1. The van der Waals surface area contributed by atoms with Gasteiger partial charge < -0.3 is 10.0 Å². The van der Waals surface area contributed by atoms with E-state index in [-0.39, 0.29) is 27.7 Å². The molecule has 4 rings (SSSR count). The minimum Gasteiger partial charge on any atom is -0.389 e. The van der Waals surface area contributed by atoms with Crippen LogP contribution in [0, 0.1) is 0 Å². The SMILES string of the molecule is O=c1[nH]c(N2CC(O)C2)nc2nn(-c3ccc(C(F)(F)F)cc3Cl)cc12. The van der Waals surface area contributed by atoms with Crippen LogP contribution in [0.5, 0.6) is 0 Å². The highest BCUT2D eigenvalue weighted by atomic mass is 35.5. The zero-order chi connectivity index (χ0) is 18.6. The molecule has 136 valence electrons. The Labute approximate surface area is 148 Å². The molecule has 3 heterocycles. The van der Waals surface area contributed by atoms with Crippen molar-refractivity contribution in [3.8, 4) is 5.69 Å². The minimum absolute atomic E-state index is 0.126.